The predicted octanol–water partition coefficient (Wildman–Crippen LogP) is 3.55. The van der Waals surface area contributed by atoms with Gasteiger partial charge in [-0.1, -0.05) is 59.3 Å². The SMILES string of the molecule is CCCCC(CCCC)(C(=O)O)C(CCCC)(OCC(=O)O)C(=O)O. The summed E-state index contributed by atoms with van der Waals surface area (Å²) in [5.74, 6) is -3.93. The van der Waals surface area contributed by atoms with Crippen LogP contribution in [0.25, 0.3) is 0 Å². The first-order valence-electron chi connectivity index (χ1n) is 9.06. The first-order chi connectivity index (χ1) is 11.7. The van der Waals surface area contributed by atoms with Gasteiger partial charge in [0.15, 0.2) is 5.60 Å². The van der Waals surface area contributed by atoms with E-state index in [9.17, 15) is 24.6 Å². The molecule has 0 amide bonds. The third-order valence-corrected chi connectivity index (χ3v) is 4.77. The molecule has 0 radical (unpaired) electrons. The number of rotatable bonds is 15. The molecular formula is C18H32O7. The minimum absolute atomic E-state index is 0.0220. The van der Waals surface area contributed by atoms with Gasteiger partial charge in [0.05, 0.1) is 0 Å². The molecule has 0 heterocycles. The van der Waals surface area contributed by atoms with E-state index in [-0.39, 0.29) is 19.3 Å². The van der Waals surface area contributed by atoms with Crippen LogP contribution < -0.4 is 0 Å². The van der Waals surface area contributed by atoms with Gasteiger partial charge in [-0.25, -0.2) is 9.59 Å². The normalized spacial score (nSPS) is 14.0. The van der Waals surface area contributed by atoms with Crippen LogP contribution in [0, 0.1) is 5.41 Å². The van der Waals surface area contributed by atoms with Crippen molar-refractivity contribution in [1.82, 2.24) is 0 Å². The summed E-state index contributed by atoms with van der Waals surface area (Å²) in [5.41, 5.74) is -3.69. The molecule has 0 saturated carbocycles. The van der Waals surface area contributed by atoms with Crippen molar-refractivity contribution in [1.29, 1.82) is 0 Å². The van der Waals surface area contributed by atoms with Gasteiger partial charge in [-0.05, 0) is 19.3 Å². The Hall–Kier alpha value is -1.63. The first kappa shape index (κ1) is 23.4. The highest BCUT2D eigenvalue weighted by molar-refractivity contribution is 5.89. The molecule has 0 saturated heterocycles. The van der Waals surface area contributed by atoms with Gasteiger partial charge < -0.3 is 20.1 Å². The van der Waals surface area contributed by atoms with Gasteiger partial charge in [0.25, 0.3) is 0 Å². The largest absolute Gasteiger partial charge is 0.481 e. The third kappa shape index (κ3) is 5.70. The molecule has 0 aliphatic heterocycles. The van der Waals surface area contributed by atoms with E-state index in [1.54, 1.807) is 0 Å². The number of ether oxygens (including phenoxy) is 1. The molecule has 0 bridgehead atoms. The Morgan fingerprint density at radius 2 is 1.20 bits per heavy atom. The van der Waals surface area contributed by atoms with Crippen LogP contribution in [-0.2, 0) is 19.1 Å². The molecule has 7 heteroatoms. The van der Waals surface area contributed by atoms with Crippen molar-refractivity contribution in [3.8, 4) is 0 Å². The van der Waals surface area contributed by atoms with E-state index in [1.807, 2.05) is 20.8 Å². The lowest BCUT2D eigenvalue weighted by Gasteiger charge is -2.45. The van der Waals surface area contributed by atoms with Gasteiger partial charge in [-0.3, -0.25) is 4.79 Å². The molecule has 0 aliphatic rings. The summed E-state index contributed by atoms with van der Waals surface area (Å²) in [6.45, 7) is 4.84. The van der Waals surface area contributed by atoms with Gasteiger partial charge in [-0.15, -0.1) is 0 Å². The van der Waals surface area contributed by atoms with E-state index < -0.39 is 35.5 Å². The summed E-state index contributed by atoms with van der Waals surface area (Å²) in [5, 5.41) is 29.0. The molecule has 0 aromatic heterocycles. The van der Waals surface area contributed by atoms with Crippen molar-refractivity contribution in [3.63, 3.8) is 0 Å². The highest BCUT2D eigenvalue weighted by Crippen LogP contribution is 2.47. The molecule has 1 atom stereocenters. The monoisotopic (exact) mass is 360 g/mol. The number of hydrogen-bond donors (Lipinski definition) is 3. The van der Waals surface area contributed by atoms with E-state index >= 15 is 0 Å². The van der Waals surface area contributed by atoms with E-state index in [0.29, 0.717) is 38.5 Å². The maximum Gasteiger partial charge on any atom is 0.337 e. The average Bonchev–Trinajstić information content (AvgIpc) is 2.55. The molecular weight excluding hydrogens is 328 g/mol. The fraction of sp³-hybridized carbons (Fsp3) is 0.833. The van der Waals surface area contributed by atoms with Gasteiger partial charge in [0.1, 0.15) is 12.0 Å². The summed E-state index contributed by atoms with van der Waals surface area (Å²) in [7, 11) is 0. The molecule has 0 aromatic rings. The van der Waals surface area contributed by atoms with Crippen LogP contribution in [0.3, 0.4) is 0 Å². The summed E-state index contributed by atoms with van der Waals surface area (Å²) in [4.78, 5) is 35.5. The van der Waals surface area contributed by atoms with Crippen molar-refractivity contribution in [2.24, 2.45) is 5.41 Å². The number of carboxylic acids is 3. The molecule has 25 heavy (non-hydrogen) atoms. The van der Waals surface area contributed by atoms with Crippen molar-refractivity contribution >= 4 is 17.9 Å². The van der Waals surface area contributed by atoms with Crippen molar-refractivity contribution < 1.29 is 34.4 Å². The zero-order valence-electron chi connectivity index (χ0n) is 15.5. The van der Waals surface area contributed by atoms with E-state index in [2.05, 4.69) is 0 Å². The number of carboxylic acid groups (broad SMARTS) is 3. The van der Waals surface area contributed by atoms with Gasteiger partial charge in [0.2, 0.25) is 0 Å². The predicted molar refractivity (Wildman–Crippen MR) is 92.6 cm³/mol. The van der Waals surface area contributed by atoms with Crippen LogP contribution in [-0.4, -0.2) is 45.4 Å². The number of carbonyl (C=O) groups is 3. The Balaban J connectivity index is 6.25. The Morgan fingerprint density at radius 1 is 0.760 bits per heavy atom. The highest BCUT2D eigenvalue weighted by atomic mass is 16.5. The minimum atomic E-state index is -2.04. The van der Waals surface area contributed by atoms with Crippen LogP contribution in [0.5, 0.6) is 0 Å². The Labute approximate surface area is 149 Å². The standard InChI is InChI=1S/C18H32O7/c1-4-7-10-17(15(21)22,11-8-5-2)18(16(23)24,12-9-6-3)25-13-14(19)20/h4-13H2,1-3H3,(H,19,20)(H,21,22)(H,23,24). The van der Waals surface area contributed by atoms with Gasteiger partial charge >= 0.3 is 17.9 Å². The van der Waals surface area contributed by atoms with Crippen LogP contribution in [0.4, 0.5) is 0 Å². The molecule has 0 spiro atoms. The zero-order chi connectivity index (χ0) is 19.5. The number of aliphatic carboxylic acids is 3. The summed E-state index contributed by atoms with van der Waals surface area (Å²) in [6, 6.07) is 0. The average molecular weight is 360 g/mol. The Morgan fingerprint density at radius 3 is 1.52 bits per heavy atom. The minimum Gasteiger partial charge on any atom is -0.481 e. The fourth-order valence-corrected chi connectivity index (χ4v) is 3.31. The maximum absolute atomic E-state index is 12.3. The van der Waals surface area contributed by atoms with Crippen LogP contribution in [0.2, 0.25) is 0 Å². The highest BCUT2D eigenvalue weighted by Gasteiger charge is 2.61. The van der Waals surface area contributed by atoms with Gasteiger partial charge in [0, 0.05) is 0 Å². The van der Waals surface area contributed by atoms with E-state index in [4.69, 9.17) is 9.84 Å². The molecule has 0 aliphatic carbocycles. The summed E-state index contributed by atoms with van der Waals surface area (Å²) >= 11 is 0. The number of hydrogen-bond acceptors (Lipinski definition) is 4. The van der Waals surface area contributed by atoms with Crippen molar-refractivity contribution in [3.05, 3.63) is 0 Å². The molecule has 146 valence electrons. The fourth-order valence-electron chi connectivity index (χ4n) is 3.31. The Bertz CT molecular complexity index is 439. The lowest BCUT2D eigenvalue weighted by Crippen LogP contribution is -2.60. The molecule has 0 rings (SSSR count). The first-order valence-corrected chi connectivity index (χ1v) is 9.06. The van der Waals surface area contributed by atoms with E-state index in [0.717, 1.165) is 0 Å². The topological polar surface area (TPSA) is 121 Å². The van der Waals surface area contributed by atoms with Crippen LogP contribution in [0.15, 0.2) is 0 Å². The zero-order valence-corrected chi connectivity index (χ0v) is 15.5. The molecule has 1 unspecified atom stereocenters. The molecule has 3 N–H and O–H groups in total. The second kappa shape index (κ2) is 11.1. The van der Waals surface area contributed by atoms with Crippen LogP contribution >= 0.6 is 0 Å². The van der Waals surface area contributed by atoms with E-state index in [1.165, 1.54) is 0 Å². The summed E-state index contributed by atoms with van der Waals surface area (Å²) < 4.78 is 5.40. The van der Waals surface area contributed by atoms with Crippen molar-refractivity contribution in [2.75, 3.05) is 6.61 Å². The van der Waals surface area contributed by atoms with Crippen molar-refractivity contribution in [2.45, 2.75) is 84.2 Å². The Kier molecular flexibility index (Phi) is 10.4. The quantitative estimate of drug-likeness (QED) is 0.408. The second-order valence-electron chi connectivity index (χ2n) is 6.51. The second-order valence-corrected chi connectivity index (χ2v) is 6.51. The maximum atomic E-state index is 12.3. The molecule has 7 nitrogen and oxygen atoms in total. The molecule has 0 aromatic carbocycles. The lowest BCUT2D eigenvalue weighted by atomic mass is 9.63. The third-order valence-electron chi connectivity index (χ3n) is 4.77. The lowest BCUT2D eigenvalue weighted by molar-refractivity contribution is -0.208. The van der Waals surface area contributed by atoms with Crippen LogP contribution in [0.1, 0.15) is 78.6 Å². The molecule has 0 fully saturated rings. The number of unbranched alkanes of at least 4 members (excludes halogenated alkanes) is 3. The van der Waals surface area contributed by atoms with Gasteiger partial charge in [-0.2, -0.15) is 0 Å². The smallest absolute Gasteiger partial charge is 0.337 e. The summed E-state index contributed by atoms with van der Waals surface area (Å²) in [6.07, 6.45) is 3.87.